The summed E-state index contributed by atoms with van der Waals surface area (Å²) in [6.45, 7) is 5.37. The van der Waals surface area contributed by atoms with Crippen LogP contribution < -0.4 is 10.6 Å². The average Bonchev–Trinajstić information content (AvgIpc) is 2.43. The number of hydrogen-bond donors (Lipinski definition) is 2. The fourth-order valence-corrected chi connectivity index (χ4v) is 1.77. The summed E-state index contributed by atoms with van der Waals surface area (Å²) in [7, 11) is 0. The molecule has 15 heavy (non-hydrogen) atoms. The fraction of sp³-hybridized carbons (Fsp3) is 0.909. The molecule has 0 aromatic heterocycles. The molecule has 0 bridgehead atoms. The molecule has 1 fully saturated rings. The molecular weight excluding hydrogens is 192 g/mol. The van der Waals surface area contributed by atoms with Gasteiger partial charge in [-0.3, -0.25) is 4.79 Å². The molecule has 1 aliphatic heterocycles. The van der Waals surface area contributed by atoms with Gasteiger partial charge in [0.15, 0.2) is 0 Å². The van der Waals surface area contributed by atoms with E-state index in [9.17, 15) is 4.79 Å². The van der Waals surface area contributed by atoms with Crippen molar-refractivity contribution >= 4 is 5.91 Å². The standard InChI is InChI=1S/C11H22N2O2/c1-2-15-8-4-7-12-10-5-3-6-13-11(14)9-10/h10,12H,2-9H2,1H3,(H,13,14). The van der Waals surface area contributed by atoms with Gasteiger partial charge in [-0.1, -0.05) is 0 Å². The third kappa shape index (κ3) is 5.74. The molecule has 1 rings (SSSR count). The lowest BCUT2D eigenvalue weighted by molar-refractivity contribution is -0.121. The Hall–Kier alpha value is -0.610. The second-order valence-electron chi connectivity index (χ2n) is 3.90. The second kappa shape index (κ2) is 7.65. The molecule has 88 valence electrons. The number of ether oxygens (including phenoxy) is 1. The molecule has 1 aliphatic rings. The van der Waals surface area contributed by atoms with E-state index >= 15 is 0 Å². The molecule has 0 aromatic carbocycles. The van der Waals surface area contributed by atoms with Gasteiger partial charge in [0.05, 0.1) is 0 Å². The van der Waals surface area contributed by atoms with E-state index in [4.69, 9.17) is 4.74 Å². The van der Waals surface area contributed by atoms with Crippen LogP contribution in [-0.2, 0) is 9.53 Å². The van der Waals surface area contributed by atoms with Gasteiger partial charge in [-0.15, -0.1) is 0 Å². The minimum absolute atomic E-state index is 0.176. The summed E-state index contributed by atoms with van der Waals surface area (Å²) >= 11 is 0. The maximum Gasteiger partial charge on any atom is 0.221 e. The number of carbonyl (C=O) groups excluding carboxylic acids is 1. The van der Waals surface area contributed by atoms with Crippen molar-refractivity contribution in [2.75, 3.05) is 26.3 Å². The van der Waals surface area contributed by atoms with Gasteiger partial charge < -0.3 is 15.4 Å². The smallest absolute Gasteiger partial charge is 0.221 e. The summed E-state index contributed by atoms with van der Waals surface area (Å²) in [6, 6.07) is 0.356. The van der Waals surface area contributed by atoms with E-state index in [1.54, 1.807) is 0 Å². The van der Waals surface area contributed by atoms with E-state index in [-0.39, 0.29) is 5.91 Å². The van der Waals surface area contributed by atoms with E-state index in [2.05, 4.69) is 10.6 Å². The lowest BCUT2D eigenvalue weighted by atomic mass is 10.1. The predicted molar refractivity (Wildman–Crippen MR) is 59.8 cm³/mol. The van der Waals surface area contributed by atoms with Crippen molar-refractivity contribution in [2.24, 2.45) is 0 Å². The molecule has 0 spiro atoms. The van der Waals surface area contributed by atoms with Gasteiger partial charge in [-0.2, -0.15) is 0 Å². The highest BCUT2D eigenvalue weighted by Gasteiger charge is 2.15. The van der Waals surface area contributed by atoms with Gasteiger partial charge >= 0.3 is 0 Å². The average molecular weight is 214 g/mol. The Bertz CT molecular complexity index is 185. The lowest BCUT2D eigenvalue weighted by Crippen LogP contribution is -2.33. The van der Waals surface area contributed by atoms with E-state index in [0.717, 1.165) is 45.6 Å². The first-order valence-electron chi connectivity index (χ1n) is 5.90. The normalized spacial score (nSPS) is 22.2. The number of rotatable bonds is 6. The van der Waals surface area contributed by atoms with Crippen LogP contribution in [0.2, 0.25) is 0 Å². The van der Waals surface area contributed by atoms with E-state index in [0.29, 0.717) is 12.5 Å². The molecule has 0 aliphatic carbocycles. The van der Waals surface area contributed by atoms with Gasteiger partial charge in [0.1, 0.15) is 0 Å². The van der Waals surface area contributed by atoms with Gasteiger partial charge in [0.2, 0.25) is 5.91 Å². The summed E-state index contributed by atoms with van der Waals surface area (Å²) in [4.78, 5) is 11.3. The monoisotopic (exact) mass is 214 g/mol. The summed E-state index contributed by atoms with van der Waals surface area (Å²) < 4.78 is 5.25. The van der Waals surface area contributed by atoms with Gasteiger partial charge in [-0.25, -0.2) is 0 Å². The van der Waals surface area contributed by atoms with E-state index in [1.807, 2.05) is 6.92 Å². The second-order valence-corrected chi connectivity index (χ2v) is 3.90. The van der Waals surface area contributed by atoms with Crippen LogP contribution in [0.4, 0.5) is 0 Å². The molecular formula is C11H22N2O2. The molecule has 4 nitrogen and oxygen atoms in total. The van der Waals surface area contributed by atoms with Crippen LogP contribution >= 0.6 is 0 Å². The molecule has 1 heterocycles. The van der Waals surface area contributed by atoms with Crippen LogP contribution in [0.1, 0.15) is 32.6 Å². The predicted octanol–water partition coefficient (Wildman–Crippen LogP) is 0.671. The van der Waals surface area contributed by atoms with Crippen LogP contribution in [0.3, 0.4) is 0 Å². The Morgan fingerprint density at radius 1 is 1.60 bits per heavy atom. The Kier molecular flexibility index (Phi) is 6.36. The van der Waals surface area contributed by atoms with Gasteiger partial charge in [-0.05, 0) is 32.7 Å². The minimum Gasteiger partial charge on any atom is -0.382 e. The molecule has 0 saturated carbocycles. The number of hydrogen-bond acceptors (Lipinski definition) is 3. The number of amides is 1. The van der Waals surface area contributed by atoms with E-state index < -0.39 is 0 Å². The molecule has 4 heteroatoms. The van der Waals surface area contributed by atoms with Crippen molar-refractivity contribution in [2.45, 2.75) is 38.6 Å². The van der Waals surface area contributed by atoms with Crippen LogP contribution in [0.5, 0.6) is 0 Å². The minimum atomic E-state index is 0.176. The van der Waals surface area contributed by atoms with Crippen molar-refractivity contribution in [3.8, 4) is 0 Å². The first kappa shape index (κ1) is 12.5. The topological polar surface area (TPSA) is 50.4 Å². The van der Waals surface area contributed by atoms with Crippen molar-refractivity contribution in [3.05, 3.63) is 0 Å². The zero-order valence-corrected chi connectivity index (χ0v) is 9.55. The van der Waals surface area contributed by atoms with Crippen LogP contribution in [0, 0.1) is 0 Å². The Balaban J connectivity index is 2.06. The Morgan fingerprint density at radius 2 is 2.47 bits per heavy atom. The highest BCUT2D eigenvalue weighted by Crippen LogP contribution is 2.05. The maximum absolute atomic E-state index is 11.3. The third-order valence-corrected chi connectivity index (χ3v) is 2.59. The highest BCUT2D eigenvalue weighted by molar-refractivity contribution is 5.76. The molecule has 0 aromatic rings. The van der Waals surface area contributed by atoms with Gasteiger partial charge in [0.25, 0.3) is 0 Å². The SMILES string of the molecule is CCOCCCNC1CCCNC(=O)C1. The van der Waals surface area contributed by atoms with Crippen LogP contribution in [0.25, 0.3) is 0 Å². The molecule has 0 radical (unpaired) electrons. The van der Waals surface area contributed by atoms with Crippen molar-refractivity contribution in [3.63, 3.8) is 0 Å². The summed E-state index contributed by atoms with van der Waals surface area (Å²) in [5, 5.41) is 6.29. The number of carbonyl (C=O) groups is 1. The van der Waals surface area contributed by atoms with E-state index in [1.165, 1.54) is 0 Å². The first-order chi connectivity index (χ1) is 7.33. The van der Waals surface area contributed by atoms with Gasteiger partial charge in [0, 0.05) is 32.2 Å². The quantitative estimate of drug-likeness (QED) is 0.639. The zero-order chi connectivity index (χ0) is 10.9. The maximum atomic E-state index is 11.3. The molecule has 1 atom stereocenters. The molecule has 1 saturated heterocycles. The lowest BCUT2D eigenvalue weighted by Gasteiger charge is -2.14. The van der Waals surface area contributed by atoms with Crippen molar-refractivity contribution < 1.29 is 9.53 Å². The van der Waals surface area contributed by atoms with Crippen LogP contribution in [0.15, 0.2) is 0 Å². The summed E-state index contributed by atoms with van der Waals surface area (Å²) in [6.07, 6.45) is 3.81. The van der Waals surface area contributed by atoms with Crippen molar-refractivity contribution in [1.82, 2.24) is 10.6 Å². The highest BCUT2D eigenvalue weighted by atomic mass is 16.5. The van der Waals surface area contributed by atoms with Crippen LogP contribution in [-0.4, -0.2) is 38.3 Å². The third-order valence-electron chi connectivity index (χ3n) is 2.59. The summed E-state index contributed by atoms with van der Waals surface area (Å²) in [5.74, 6) is 0.176. The molecule has 1 unspecified atom stereocenters. The molecule has 1 amide bonds. The first-order valence-corrected chi connectivity index (χ1v) is 5.90. The zero-order valence-electron chi connectivity index (χ0n) is 9.55. The van der Waals surface area contributed by atoms with Crippen molar-refractivity contribution in [1.29, 1.82) is 0 Å². The number of nitrogens with one attached hydrogen (secondary N) is 2. The Labute approximate surface area is 91.8 Å². The molecule has 2 N–H and O–H groups in total. The largest absolute Gasteiger partial charge is 0.382 e. The Morgan fingerprint density at radius 3 is 3.27 bits per heavy atom. The fourth-order valence-electron chi connectivity index (χ4n) is 1.77. The summed E-state index contributed by atoms with van der Waals surface area (Å²) in [5.41, 5.74) is 0.